The second-order valence-electron chi connectivity index (χ2n) is 5.23. The van der Waals surface area contributed by atoms with Crippen molar-refractivity contribution < 1.29 is 0 Å². The summed E-state index contributed by atoms with van der Waals surface area (Å²) in [6, 6.07) is 2.06. The summed E-state index contributed by atoms with van der Waals surface area (Å²) in [5.41, 5.74) is 9.70. The molecule has 0 aliphatic heterocycles. The summed E-state index contributed by atoms with van der Waals surface area (Å²) in [6.45, 7) is 9.93. The van der Waals surface area contributed by atoms with Crippen molar-refractivity contribution >= 4 is 11.5 Å². The highest BCUT2D eigenvalue weighted by molar-refractivity contribution is 5.55. The molecule has 3 N–H and O–H groups in total. The van der Waals surface area contributed by atoms with Gasteiger partial charge in [0.1, 0.15) is 5.82 Å². The molecule has 0 aromatic carbocycles. The molecule has 2 aromatic rings. The van der Waals surface area contributed by atoms with Gasteiger partial charge in [0.2, 0.25) is 0 Å². The van der Waals surface area contributed by atoms with Crippen LogP contribution >= 0.6 is 0 Å². The molecule has 0 saturated heterocycles. The highest BCUT2D eigenvalue weighted by Gasteiger charge is 2.13. The molecule has 0 aliphatic rings. The monoisotopic (exact) mass is 261 g/mol. The molecule has 0 spiro atoms. The van der Waals surface area contributed by atoms with Crippen molar-refractivity contribution in [2.24, 2.45) is 5.73 Å². The van der Waals surface area contributed by atoms with Crippen LogP contribution in [0.2, 0.25) is 0 Å². The molecule has 5 heteroatoms. The number of aryl methyl sites for hydroxylation is 1. The standard InChI is InChI=1S/C14H23N5/c1-9(2)12-8-13-17-11(4)10(3)14(19(13)18-12)16-7-5-6-15/h8-9,16H,5-7,15H2,1-4H3. The Labute approximate surface area is 114 Å². The van der Waals surface area contributed by atoms with E-state index < -0.39 is 0 Å². The average Bonchev–Trinajstić information content (AvgIpc) is 2.77. The fraction of sp³-hybridized carbons (Fsp3) is 0.571. The number of nitrogens with two attached hydrogens (primary N) is 1. The first kappa shape index (κ1) is 13.8. The summed E-state index contributed by atoms with van der Waals surface area (Å²) in [5.74, 6) is 1.43. The Kier molecular flexibility index (Phi) is 4.04. The van der Waals surface area contributed by atoms with Crippen LogP contribution in [-0.4, -0.2) is 27.7 Å². The van der Waals surface area contributed by atoms with Crippen LogP contribution in [0.4, 0.5) is 5.82 Å². The molecule has 0 fully saturated rings. The number of fused-ring (bicyclic) bond motifs is 1. The van der Waals surface area contributed by atoms with Gasteiger partial charge in [-0.15, -0.1) is 0 Å². The summed E-state index contributed by atoms with van der Waals surface area (Å²) >= 11 is 0. The zero-order valence-electron chi connectivity index (χ0n) is 12.2. The summed E-state index contributed by atoms with van der Waals surface area (Å²) in [6.07, 6.45) is 0.945. The molecule has 19 heavy (non-hydrogen) atoms. The third-order valence-electron chi connectivity index (χ3n) is 3.37. The van der Waals surface area contributed by atoms with Gasteiger partial charge >= 0.3 is 0 Å². The van der Waals surface area contributed by atoms with E-state index in [1.165, 1.54) is 0 Å². The molecule has 2 heterocycles. The lowest BCUT2D eigenvalue weighted by Crippen LogP contribution is -2.13. The number of hydrogen-bond acceptors (Lipinski definition) is 4. The van der Waals surface area contributed by atoms with E-state index in [4.69, 9.17) is 5.73 Å². The summed E-state index contributed by atoms with van der Waals surface area (Å²) in [5, 5.41) is 8.08. The lowest BCUT2D eigenvalue weighted by atomic mass is 10.1. The predicted octanol–water partition coefficient (Wildman–Crippen LogP) is 2.23. The van der Waals surface area contributed by atoms with Gasteiger partial charge in [0, 0.05) is 23.9 Å². The normalized spacial score (nSPS) is 11.5. The molecule has 0 amide bonds. The zero-order valence-corrected chi connectivity index (χ0v) is 12.2. The number of anilines is 1. The molecular formula is C14H23N5. The molecule has 0 radical (unpaired) electrons. The van der Waals surface area contributed by atoms with E-state index in [1.54, 1.807) is 0 Å². The maximum atomic E-state index is 5.54. The molecule has 0 aliphatic carbocycles. The van der Waals surface area contributed by atoms with Crippen LogP contribution in [0.3, 0.4) is 0 Å². The summed E-state index contributed by atoms with van der Waals surface area (Å²) in [7, 11) is 0. The quantitative estimate of drug-likeness (QED) is 0.810. The highest BCUT2D eigenvalue weighted by Crippen LogP contribution is 2.22. The maximum Gasteiger partial charge on any atom is 0.157 e. The zero-order chi connectivity index (χ0) is 14.0. The van der Waals surface area contributed by atoms with E-state index in [0.29, 0.717) is 12.5 Å². The number of nitrogens with one attached hydrogen (secondary N) is 1. The van der Waals surface area contributed by atoms with Gasteiger partial charge in [-0.1, -0.05) is 13.8 Å². The second kappa shape index (κ2) is 5.57. The second-order valence-corrected chi connectivity index (χ2v) is 5.23. The number of nitrogens with zero attached hydrogens (tertiary/aromatic N) is 3. The van der Waals surface area contributed by atoms with Gasteiger partial charge in [0.25, 0.3) is 0 Å². The van der Waals surface area contributed by atoms with Crippen LogP contribution in [0.5, 0.6) is 0 Å². The first-order chi connectivity index (χ1) is 9.04. The summed E-state index contributed by atoms with van der Waals surface area (Å²) in [4.78, 5) is 4.60. The fourth-order valence-corrected chi connectivity index (χ4v) is 2.02. The largest absolute Gasteiger partial charge is 0.370 e. The lowest BCUT2D eigenvalue weighted by Gasteiger charge is -2.12. The van der Waals surface area contributed by atoms with Gasteiger partial charge in [-0.25, -0.2) is 4.98 Å². The molecule has 0 saturated carbocycles. The van der Waals surface area contributed by atoms with Gasteiger partial charge in [-0.2, -0.15) is 9.61 Å². The maximum absolute atomic E-state index is 5.54. The molecule has 0 unspecified atom stereocenters. The van der Waals surface area contributed by atoms with Crippen molar-refractivity contribution in [2.75, 3.05) is 18.4 Å². The van der Waals surface area contributed by atoms with E-state index in [2.05, 4.69) is 42.2 Å². The van der Waals surface area contributed by atoms with E-state index >= 15 is 0 Å². The van der Waals surface area contributed by atoms with E-state index in [0.717, 1.165) is 41.4 Å². The Hall–Kier alpha value is -1.62. The van der Waals surface area contributed by atoms with Gasteiger partial charge in [0.05, 0.1) is 5.69 Å². The summed E-state index contributed by atoms with van der Waals surface area (Å²) < 4.78 is 1.91. The van der Waals surface area contributed by atoms with Crippen molar-refractivity contribution in [3.05, 3.63) is 23.0 Å². The van der Waals surface area contributed by atoms with Crippen molar-refractivity contribution in [1.82, 2.24) is 14.6 Å². The van der Waals surface area contributed by atoms with Crippen molar-refractivity contribution in [1.29, 1.82) is 0 Å². The van der Waals surface area contributed by atoms with E-state index in [1.807, 2.05) is 11.4 Å². The molecule has 0 bridgehead atoms. The molecular weight excluding hydrogens is 238 g/mol. The van der Waals surface area contributed by atoms with Gasteiger partial charge in [-0.05, 0) is 32.7 Å². The molecule has 2 rings (SSSR count). The minimum atomic E-state index is 0.402. The van der Waals surface area contributed by atoms with Crippen molar-refractivity contribution in [3.63, 3.8) is 0 Å². The SMILES string of the molecule is Cc1nc2cc(C(C)C)nn2c(NCCCN)c1C. The number of hydrogen-bond donors (Lipinski definition) is 2. The van der Waals surface area contributed by atoms with Crippen LogP contribution in [-0.2, 0) is 0 Å². The Bertz CT molecular complexity index is 571. The predicted molar refractivity (Wildman–Crippen MR) is 78.7 cm³/mol. The van der Waals surface area contributed by atoms with Crippen LogP contribution < -0.4 is 11.1 Å². The van der Waals surface area contributed by atoms with E-state index in [-0.39, 0.29) is 0 Å². The molecule has 0 atom stereocenters. The van der Waals surface area contributed by atoms with Crippen molar-refractivity contribution in [3.8, 4) is 0 Å². The smallest absolute Gasteiger partial charge is 0.157 e. The first-order valence-corrected chi connectivity index (χ1v) is 6.85. The minimum absolute atomic E-state index is 0.402. The number of rotatable bonds is 5. The van der Waals surface area contributed by atoms with Crippen LogP contribution in [0.15, 0.2) is 6.07 Å². The molecule has 104 valence electrons. The average molecular weight is 261 g/mol. The number of aromatic nitrogens is 3. The third kappa shape index (κ3) is 2.71. The Morgan fingerprint density at radius 1 is 1.37 bits per heavy atom. The Morgan fingerprint density at radius 3 is 2.74 bits per heavy atom. The van der Waals surface area contributed by atoms with Crippen LogP contribution in [0.25, 0.3) is 5.65 Å². The first-order valence-electron chi connectivity index (χ1n) is 6.85. The molecule has 2 aromatic heterocycles. The van der Waals surface area contributed by atoms with Crippen LogP contribution in [0.1, 0.15) is 43.1 Å². The molecule has 5 nitrogen and oxygen atoms in total. The Balaban J connectivity index is 2.48. The van der Waals surface area contributed by atoms with Crippen molar-refractivity contribution in [2.45, 2.75) is 40.0 Å². The third-order valence-corrected chi connectivity index (χ3v) is 3.37. The fourth-order valence-electron chi connectivity index (χ4n) is 2.02. The van der Waals surface area contributed by atoms with Crippen LogP contribution in [0, 0.1) is 13.8 Å². The minimum Gasteiger partial charge on any atom is -0.370 e. The Morgan fingerprint density at radius 2 is 2.11 bits per heavy atom. The van der Waals surface area contributed by atoms with Gasteiger partial charge < -0.3 is 11.1 Å². The van der Waals surface area contributed by atoms with E-state index in [9.17, 15) is 0 Å². The highest BCUT2D eigenvalue weighted by atomic mass is 15.3. The van der Waals surface area contributed by atoms with Gasteiger partial charge in [0.15, 0.2) is 5.65 Å². The van der Waals surface area contributed by atoms with Gasteiger partial charge in [-0.3, -0.25) is 0 Å². The topological polar surface area (TPSA) is 68.2 Å². The lowest BCUT2D eigenvalue weighted by molar-refractivity contribution is 0.780.